The van der Waals surface area contributed by atoms with Crippen molar-refractivity contribution in [2.45, 2.75) is 25.8 Å². The Morgan fingerprint density at radius 2 is 2.12 bits per heavy atom. The first kappa shape index (κ1) is 16.7. The molecule has 1 fully saturated rings. The highest BCUT2D eigenvalue weighted by molar-refractivity contribution is 7.18. The molecule has 0 N–H and O–H groups in total. The smallest absolute Gasteiger partial charge is 0.293 e. The zero-order chi connectivity index (χ0) is 18.3. The van der Waals surface area contributed by atoms with Gasteiger partial charge in [-0.1, -0.05) is 12.1 Å². The third kappa shape index (κ3) is 2.84. The minimum absolute atomic E-state index is 0.0225. The maximum Gasteiger partial charge on any atom is 0.293 e. The number of carbonyl (C=O) groups is 1. The van der Waals surface area contributed by atoms with E-state index < -0.39 is 4.92 Å². The largest absolute Gasteiger partial charge is 0.357 e. The fraction of sp³-hybridized carbons (Fsp3) is 0.263. The van der Waals surface area contributed by atoms with E-state index in [1.54, 1.807) is 23.5 Å². The molecule has 1 unspecified atom stereocenters. The van der Waals surface area contributed by atoms with Crippen molar-refractivity contribution in [1.82, 2.24) is 4.98 Å². The van der Waals surface area contributed by atoms with Crippen LogP contribution in [0.1, 0.15) is 41.2 Å². The Bertz CT molecular complexity index is 981. The molecular weight excluding hydrogens is 350 g/mol. The summed E-state index contributed by atoms with van der Waals surface area (Å²) in [6.45, 7) is 2.15. The predicted molar refractivity (Wildman–Crippen MR) is 102 cm³/mol. The average molecular weight is 367 g/mol. The SMILES string of the molecule is CC(=O)c1ccc(N2CCCC2c2nc3ccccc3s2)c([N+](=O)[O-])c1. The summed E-state index contributed by atoms with van der Waals surface area (Å²) in [7, 11) is 0. The van der Waals surface area contributed by atoms with Crippen molar-refractivity contribution in [3.63, 3.8) is 0 Å². The molecule has 6 nitrogen and oxygen atoms in total. The van der Waals surface area contributed by atoms with Gasteiger partial charge in [-0.3, -0.25) is 14.9 Å². The molecule has 2 aromatic carbocycles. The lowest BCUT2D eigenvalue weighted by atomic mass is 10.1. The molecule has 1 saturated heterocycles. The van der Waals surface area contributed by atoms with Crippen LogP contribution in [-0.4, -0.2) is 22.2 Å². The van der Waals surface area contributed by atoms with Crippen LogP contribution in [0.15, 0.2) is 42.5 Å². The Labute approximate surface area is 154 Å². The Balaban J connectivity index is 1.76. The molecule has 0 spiro atoms. The number of para-hydroxylation sites is 1. The predicted octanol–water partition coefficient (Wildman–Crippen LogP) is 4.75. The highest BCUT2D eigenvalue weighted by atomic mass is 32.1. The van der Waals surface area contributed by atoms with Gasteiger partial charge in [0, 0.05) is 18.2 Å². The van der Waals surface area contributed by atoms with Gasteiger partial charge >= 0.3 is 0 Å². The van der Waals surface area contributed by atoms with E-state index in [9.17, 15) is 14.9 Å². The van der Waals surface area contributed by atoms with E-state index >= 15 is 0 Å². The molecule has 1 aliphatic heterocycles. The molecule has 3 aromatic rings. The highest BCUT2D eigenvalue weighted by Gasteiger charge is 2.33. The summed E-state index contributed by atoms with van der Waals surface area (Å²) in [5.41, 5.74) is 1.85. The van der Waals surface area contributed by atoms with E-state index in [0.29, 0.717) is 11.3 Å². The molecular formula is C19H17N3O3S. The Morgan fingerprint density at radius 3 is 2.85 bits per heavy atom. The van der Waals surface area contributed by atoms with E-state index in [1.807, 2.05) is 24.3 Å². The van der Waals surface area contributed by atoms with E-state index in [2.05, 4.69) is 4.90 Å². The van der Waals surface area contributed by atoms with Crippen LogP contribution in [0, 0.1) is 10.1 Å². The summed E-state index contributed by atoms with van der Waals surface area (Å²) in [4.78, 5) is 29.6. The van der Waals surface area contributed by atoms with Crippen LogP contribution >= 0.6 is 11.3 Å². The van der Waals surface area contributed by atoms with Crippen molar-refractivity contribution in [3.8, 4) is 0 Å². The fourth-order valence-electron chi connectivity index (χ4n) is 3.48. The lowest BCUT2D eigenvalue weighted by Crippen LogP contribution is -2.23. The first-order chi connectivity index (χ1) is 12.5. The van der Waals surface area contributed by atoms with Gasteiger partial charge in [-0.15, -0.1) is 11.3 Å². The monoisotopic (exact) mass is 367 g/mol. The zero-order valence-corrected chi connectivity index (χ0v) is 15.0. The van der Waals surface area contributed by atoms with E-state index in [4.69, 9.17) is 4.98 Å². The molecule has 26 heavy (non-hydrogen) atoms. The second kappa shape index (κ2) is 6.49. The van der Waals surface area contributed by atoms with E-state index in [0.717, 1.165) is 34.6 Å². The highest BCUT2D eigenvalue weighted by Crippen LogP contribution is 2.42. The third-order valence-electron chi connectivity index (χ3n) is 4.74. The molecule has 1 atom stereocenters. The van der Waals surface area contributed by atoms with Gasteiger partial charge in [0.1, 0.15) is 10.7 Å². The third-order valence-corrected chi connectivity index (χ3v) is 5.87. The van der Waals surface area contributed by atoms with Crippen molar-refractivity contribution in [3.05, 3.63) is 63.1 Å². The minimum atomic E-state index is -0.407. The Kier molecular flexibility index (Phi) is 4.16. The Morgan fingerprint density at radius 1 is 1.31 bits per heavy atom. The van der Waals surface area contributed by atoms with Crippen LogP contribution in [0.2, 0.25) is 0 Å². The molecule has 2 heterocycles. The van der Waals surface area contributed by atoms with Gasteiger partial charge in [-0.2, -0.15) is 0 Å². The molecule has 1 aliphatic rings. The van der Waals surface area contributed by atoms with Crippen LogP contribution in [0.3, 0.4) is 0 Å². The maximum atomic E-state index is 11.6. The number of ketones is 1. The van der Waals surface area contributed by atoms with Gasteiger partial charge in [0.25, 0.3) is 5.69 Å². The average Bonchev–Trinajstić information content (AvgIpc) is 3.27. The van der Waals surface area contributed by atoms with Crippen LogP contribution < -0.4 is 4.90 Å². The topological polar surface area (TPSA) is 76.3 Å². The number of benzene rings is 2. The quantitative estimate of drug-likeness (QED) is 0.378. The number of nitrogens with zero attached hydrogens (tertiary/aromatic N) is 3. The number of hydrogen-bond acceptors (Lipinski definition) is 6. The summed E-state index contributed by atoms with van der Waals surface area (Å²) in [6.07, 6.45) is 1.86. The number of nitro groups is 1. The van der Waals surface area contributed by atoms with E-state index in [1.165, 1.54) is 13.0 Å². The van der Waals surface area contributed by atoms with Gasteiger partial charge in [0.05, 0.1) is 21.2 Å². The van der Waals surface area contributed by atoms with Crippen molar-refractivity contribution in [1.29, 1.82) is 0 Å². The van der Waals surface area contributed by atoms with Crippen molar-refractivity contribution in [2.75, 3.05) is 11.4 Å². The minimum Gasteiger partial charge on any atom is -0.357 e. The number of carbonyl (C=O) groups excluding carboxylic acids is 1. The number of rotatable bonds is 4. The van der Waals surface area contributed by atoms with Crippen LogP contribution in [0.25, 0.3) is 10.2 Å². The second-order valence-electron chi connectivity index (χ2n) is 6.39. The maximum absolute atomic E-state index is 11.6. The number of nitro benzene ring substituents is 1. The van der Waals surface area contributed by atoms with Gasteiger partial charge in [0.2, 0.25) is 0 Å². The fourth-order valence-corrected chi connectivity index (χ4v) is 4.59. The normalized spacial score (nSPS) is 17.0. The first-order valence-electron chi connectivity index (χ1n) is 8.46. The molecule has 132 valence electrons. The molecule has 4 rings (SSSR count). The number of Topliss-reactive ketones (excluding diaryl/α,β-unsaturated/α-hetero) is 1. The lowest BCUT2D eigenvalue weighted by Gasteiger charge is -2.25. The number of fused-ring (bicyclic) bond motifs is 1. The lowest BCUT2D eigenvalue weighted by molar-refractivity contribution is -0.384. The molecule has 0 amide bonds. The summed E-state index contributed by atoms with van der Waals surface area (Å²) in [5.74, 6) is -0.177. The summed E-state index contributed by atoms with van der Waals surface area (Å²) < 4.78 is 1.12. The van der Waals surface area contributed by atoms with Crippen molar-refractivity contribution < 1.29 is 9.72 Å². The van der Waals surface area contributed by atoms with Crippen LogP contribution in [0.5, 0.6) is 0 Å². The van der Waals surface area contributed by atoms with Crippen LogP contribution in [0.4, 0.5) is 11.4 Å². The second-order valence-corrected chi connectivity index (χ2v) is 7.45. The number of thiazole rings is 1. The molecule has 0 aliphatic carbocycles. The Hall–Kier alpha value is -2.80. The van der Waals surface area contributed by atoms with Gasteiger partial charge < -0.3 is 4.90 Å². The summed E-state index contributed by atoms with van der Waals surface area (Å²) >= 11 is 1.64. The van der Waals surface area contributed by atoms with Gasteiger partial charge in [-0.25, -0.2) is 4.98 Å². The standard InChI is InChI=1S/C19H17N3O3S/c1-12(23)13-8-9-15(17(11-13)22(24)25)21-10-4-6-16(21)19-20-14-5-2-3-7-18(14)26-19/h2-3,5,7-9,11,16H,4,6,10H2,1H3. The number of aromatic nitrogens is 1. The first-order valence-corrected chi connectivity index (χ1v) is 9.28. The molecule has 0 bridgehead atoms. The summed E-state index contributed by atoms with van der Waals surface area (Å²) in [6, 6.07) is 12.7. The van der Waals surface area contributed by atoms with Gasteiger partial charge in [0.15, 0.2) is 5.78 Å². The van der Waals surface area contributed by atoms with Crippen LogP contribution in [-0.2, 0) is 0 Å². The zero-order valence-electron chi connectivity index (χ0n) is 14.2. The van der Waals surface area contributed by atoms with Crippen molar-refractivity contribution >= 4 is 38.7 Å². The molecule has 0 radical (unpaired) electrons. The van der Waals surface area contributed by atoms with E-state index in [-0.39, 0.29) is 17.5 Å². The molecule has 1 aromatic heterocycles. The molecule has 0 saturated carbocycles. The number of anilines is 1. The summed E-state index contributed by atoms with van der Waals surface area (Å²) in [5, 5.41) is 12.6. The number of hydrogen-bond donors (Lipinski definition) is 0. The molecule has 7 heteroatoms. The van der Waals surface area contributed by atoms with Gasteiger partial charge in [-0.05, 0) is 44.0 Å². The van der Waals surface area contributed by atoms with Crippen molar-refractivity contribution in [2.24, 2.45) is 0 Å².